The monoisotopic (exact) mass is 299 g/mol. The fourth-order valence-corrected chi connectivity index (χ4v) is 4.40. The Morgan fingerprint density at radius 2 is 2.25 bits per heavy atom. The summed E-state index contributed by atoms with van der Waals surface area (Å²) in [6.07, 6.45) is 6.38. The minimum absolute atomic E-state index is 0.144. The summed E-state index contributed by atoms with van der Waals surface area (Å²) in [6, 6.07) is 1.30. The van der Waals surface area contributed by atoms with Crippen molar-refractivity contribution in [3.05, 3.63) is 18.5 Å². The van der Waals surface area contributed by atoms with Crippen LogP contribution in [0.5, 0.6) is 0 Å². The van der Waals surface area contributed by atoms with Gasteiger partial charge in [0.2, 0.25) is 10.0 Å². The van der Waals surface area contributed by atoms with Gasteiger partial charge in [-0.25, -0.2) is 8.42 Å². The Hall–Kier alpha value is -1.18. The topological polar surface area (TPSA) is 82.5 Å². The summed E-state index contributed by atoms with van der Waals surface area (Å²) in [7, 11) is -1.96. The van der Waals surface area contributed by atoms with Gasteiger partial charge in [-0.1, -0.05) is 12.8 Å². The third-order valence-electron chi connectivity index (χ3n) is 3.67. The lowest BCUT2D eigenvalue weighted by Crippen LogP contribution is -2.42. The number of aromatic nitrogens is 1. The van der Waals surface area contributed by atoms with Crippen LogP contribution in [0, 0.1) is 0 Å². The number of aliphatic hydroxyl groups excluding tert-OH is 1. The van der Waals surface area contributed by atoms with Gasteiger partial charge in [-0.05, 0) is 18.9 Å². The second kappa shape index (κ2) is 6.51. The first-order valence-electron chi connectivity index (χ1n) is 6.85. The molecule has 1 atom stereocenters. The van der Waals surface area contributed by atoms with Crippen LogP contribution in [0.1, 0.15) is 25.7 Å². The molecule has 1 fully saturated rings. The second-order valence-corrected chi connectivity index (χ2v) is 6.78. The maximum absolute atomic E-state index is 12.8. The molecule has 6 nitrogen and oxygen atoms in total. The number of hydrogen-bond acceptors (Lipinski definition) is 5. The zero-order valence-electron chi connectivity index (χ0n) is 11.6. The van der Waals surface area contributed by atoms with Gasteiger partial charge in [-0.3, -0.25) is 4.98 Å². The predicted octanol–water partition coefficient (Wildman–Crippen LogP) is 1.05. The Kier molecular flexibility index (Phi) is 4.95. The second-order valence-electron chi connectivity index (χ2n) is 4.92. The van der Waals surface area contributed by atoms with Gasteiger partial charge in [0.15, 0.2) is 0 Å². The van der Waals surface area contributed by atoms with E-state index in [4.69, 9.17) is 0 Å². The molecular weight excluding hydrogens is 278 g/mol. The van der Waals surface area contributed by atoms with Gasteiger partial charge < -0.3 is 10.4 Å². The third kappa shape index (κ3) is 2.94. The highest BCUT2D eigenvalue weighted by Gasteiger charge is 2.33. The molecule has 0 amide bonds. The zero-order chi connectivity index (χ0) is 14.6. The Balaban J connectivity index is 2.41. The number of rotatable bonds is 4. The molecule has 2 rings (SSSR count). The van der Waals surface area contributed by atoms with E-state index < -0.39 is 10.0 Å². The molecule has 112 valence electrons. The molecule has 1 saturated heterocycles. The van der Waals surface area contributed by atoms with E-state index in [2.05, 4.69) is 10.3 Å². The first-order valence-corrected chi connectivity index (χ1v) is 8.29. The Bertz CT molecular complexity index is 548. The molecule has 2 N–H and O–H groups in total. The maximum Gasteiger partial charge on any atom is 0.246 e. The lowest BCUT2D eigenvalue weighted by molar-refractivity contribution is 0.186. The van der Waals surface area contributed by atoms with Gasteiger partial charge in [0, 0.05) is 32.0 Å². The molecule has 0 bridgehead atoms. The van der Waals surface area contributed by atoms with E-state index in [1.807, 2.05) is 0 Å². The average molecular weight is 299 g/mol. The van der Waals surface area contributed by atoms with Crippen LogP contribution < -0.4 is 5.32 Å². The quantitative estimate of drug-likeness (QED) is 0.868. The van der Waals surface area contributed by atoms with Gasteiger partial charge in [-0.2, -0.15) is 4.31 Å². The molecule has 0 aliphatic carbocycles. The smallest absolute Gasteiger partial charge is 0.246 e. The minimum Gasteiger partial charge on any atom is -0.395 e. The molecule has 1 aromatic heterocycles. The molecule has 1 aliphatic heterocycles. The highest BCUT2D eigenvalue weighted by molar-refractivity contribution is 7.89. The fraction of sp³-hybridized carbons (Fsp3) is 0.615. The SMILES string of the molecule is CNc1ccncc1S(=O)(=O)N1CCCCCC1CO. The summed E-state index contributed by atoms with van der Waals surface area (Å²) in [4.78, 5) is 4.09. The summed E-state index contributed by atoms with van der Waals surface area (Å²) in [5, 5.41) is 12.4. The standard InChI is InChI=1S/C13H21N3O3S/c1-14-12-6-7-15-9-13(12)20(18,19)16-8-4-2-3-5-11(16)10-17/h6-7,9,11,17H,2-5,8,10H2,1H3,(H,14,15). The summed E-state index contributed by atoms with van der Waals surface area (Å²) in [5.41, 5.74) is 0.529. The third-order valence-corrected chi connectivity index (χ3v) is 5.65. The van der Waals surface area contributed by atoms with Crippen LogP contribution in [0.3, 0.4) is 0 Å². The molecular formula is C13H21N3O3S. The Morgan fingerprint density at radius 1 is 1.45 bits per heavy atom. The number of aliphatic hydroxyl groups is 1. The fourth-order valence-electron chi connectivity index (χ4n) is 2.57. The summed E-state index contributed by atoms with van der Waals surface area (Å²) in [6.45, 7) is 0.306. The van der Waals surface area contributed by atoms with Crippen molar-refractivity contribution < 1.29 is 13.5 Å². The van der Waals surface area contributed by atoms with Gasteiger partial charge in [0.05, 0.1) is 12.3 Å². The molecule has 20 heavy (non-hydrogen) atoms. The molecule has 0 radical (unpaired) electrons. The highest BCUT2D eigenvalue weighted by atomic mass is 32.2. The molecule has 0 saturated carbocycles. The van der Waals surface area contributed by atoms with Crippen molar-refractivity contribution in [3.8, 4) is 0 Å². The van der Waals surface area contributed by atoms with E-state index in [-0.39, 0.29) is 17.5 Å². The predicted molar refractivity (Wildman–Crippen MR) is 77.0 cm³/mol. The summed E-state index contributed by atoms with van der Waals surface area (Å²) < 4.78 is 27.1. The van der Waals surface area contributed by atoms with Crippen LogP contribution >= 0.6 is 0 Å². The Morgan fingerprint density at radius 3 is 2.95 bits per heavy atom. The first kappa shape index (κ1) is 15.2. The van der Waals surface area contributed by atoms with Crippen molar-refractivity contribution in [3.63, 3.8) is 0 Å². The molecule has 1 aromatic rings. The van der Waals surface area contributed by atoms with Gasteiger partial charge in [0.1, 0.15) is 4.90 Å². The number of anilines is 1. The minimum atomic E-state index is -3.64. The lowest BCUT2D eigenvalue weighted by Gasteiger charge is -2.28. The summed E-state index contributed by atoms with van der Waals surface area (Å²) >= 11 is 0. The average Bonchev–Trinajstić information content (AvgIpc) is 2.72. The van der Waals surface area contributed by atoms with E-state index in [9.17, 15) is 13.5 Å². The molecule has 0 aromatic carbocycles. The molecule has 0 spiro atoms. The van der Waals surface area contributed by atoms with Gasteiger partial charge >= 0.3 is 0 Å². The van der Waals surface area contributed by atoms with Gasteiger partial charge in [-0.15, -0.1) is 0 Å². The van der Waals surface area contributed by atoms with Crippen LogP contribution in [-0.2, 0) is 10.0 Å². The van der Waals surface area contributed by atoms with Crippen LogP contribution in [0.2, 0.25) is 0 Å². The van der Waals surface area contributed by atoms with Crippen molar-refractivity contribution in [1.29, 1.82) is 0 Å². The van der Waals surface area contributed by atoms with Crippen LogP contribution in [0.25, 0.3) is 0 Å². The van der Waals surface area contributed by atoms with Crippen LogP contribution in [0.15, 0.2) is 23.4 Å². The number of hydrogen-bond donors (Lipinski definition) is 2. The largest absolute Gasteiger partial charge is 0.395 e. The van der Waals surface area contributed by atoms with Crippen molar-refractivity contribution in [2.24, 2.45) is 0 Å². The van der Waals surface area contributed by atoms with Crippen molar-refractivity contribution in [1.82, 2.24) is 9.29 Å². The lowest BCUT2D eigenvalue weighted by atomic mass is 10.1. The number of sulfonamides is 1. The van der Waals surface area contributed by atoms with Gasteiger partial charge in [0.25, 0.3) is 0 Å². The highest BCUT2D eigenvalue weighted by Crippen LogP contribution is 2.28. The molecule has 7 heteroatoms. The number of pyridine rings is 1. The van der Waals surface area contributed by atoms with E-state index in [1.54, 1.807) is 19.3 Å². The van der Waals surface area contributed by atoms with E-state index in [1.165, 1.54) is 10.5 Å². The van der Waals surface area contributed by atoms with E-state index in [0.717, 1.165) is 19.3 Å². The first-order chi connectivity index (χ1) is 9.61. The molecule has 1 unspecified atom stereocenters. The molecule has 1 aliphatic rings. The van der Waals surface area contributed by atoms with Crippen molar-refractivity contribution in [2.45, 2.75) is 36.6 Å². The van der Waals surface area contributed by atoms with Crippen LogP contribution in [-0.4, -0.2) is 49.1 Å². The van der Waals surface area contributed by atoms with Crippen LogP contribution in [0.4, 0.5) is 5.69 Å². The van der Waals surface area contributed by atoms with Crippen molar-refractivity contribution >= 4 is 15.7 Å². The molecule has 2 heterocycles. The zero-order valence-corrected chi connectivity index (χ0v) is 12.4. The maximum atomic E-state index is 12.8. The van der Waals surface area contributed by atoms with Crippen molar-refractivity contribution in [2.75, 3.05) is 25.5 Å². The number of nitrogens with zero attached hydrogens (tertiary/aromatic N) is 2. The van der Waals surface area contributed by atoms with E-state index in [0.29, 0.717) is 18.7 Å². The van der Waals surface area contributed by atoms with E-state index >= 15 is 0 Å². The summed E-state index contributed by atoms with van der Waals surface area (Å²) in [5.74, 6) is 0. The normalized spacial score (nSPS) is 21.4. The Labute approximate surface area is 119 Å². The number of nitrogens with one attached hydrogen (secondary N) is 1.